The maximum Gasteiger partial charge on any atom is 0.394 e. The third-order valence-corrected chi connectivity index (χ3v) is 4.33. The van der Waals surface area contributed by atoms with Gasteiger partial charge in [0.1, 0.15) is 12.4 Å². The van der Waals surface area contributed by atoms with Gasteiger partial charge in [-0.15, -0.1) is 0 Å². The summed E-state index contributed by atoms with van der Waals surface area (Å²) in [6.45, 7) is 4.33. The average molecular weight is 379 g/mol. The molecule has 1 aromatic carbocycles. The molecule has 1 aromatic heterocycles. The molecule has 5 nitrogen and oxygen atoms in total. The highest BCUT2D eigenvalue weighted by molar-refractivity contribution is 6.30. The second-order valence-electron chi connectivity index (χ2n) is 6.34. The minimum atomic E-state index is -0.346. The fraction of sp³-hybridized carbons (Fsp3) is 0.500. The van der Waals surface area contributed by atoms with Crippen molar-refractivity contribution in [2.45, 2.75) is 64.9 Å². The highest BCUT2D eigenvalue weighted by Gasteiger charge is 2.17. The molecular formula is C20H27ClN2O3. The van der Waals surface area contributed by atoms with Gasteiger partial charge in [0.2, 0.25) is 0 Å². The first kappa shape index (κ1) is 20.3. The van der Waals surface area contributed by atoms with Crippen LogP contribution in [0.1, 0.15) is 69.3 Å². The van der Waals surface area contributed by atoms with E-state index in [2.05, 4.69) is 24.1 Å². The van der Waals surface area contributed by atoms with Crippen LogP contribution in [0.15, 0.2) is 34.9 Å². The molecule has 1 heterocycles. The number of rotatable bonds is 11. The van der Waals surface area contributed by atoms with Crippen LogP contribution in [0.25, 0.3) is 0 Å². The Balaban J connectivity index is 1.89. The zero-order valence-electron chi connectivity index (χ0n) is 15.5. The van der Waals surface area contributed by atoms with Crippen LogP contribution < -0.4 is 10.1 Å². The molecule has 1 amide bonds. The van der Waals surface area contributed by atoms with Crippen molar-refractivity contribution < 1.29 is 13.9 Å². The van der Waals surface area contributed by atoms with Gasteiger partial charge in [-0.3, -0.25) is 4.79 Å². The lowest BCUT2D eigenvalue weighted by molar-refractivity contribution is 0.102. The summed E-state index contributed by atoms with van der Waals surface area (Å²) in [5.41, 5.74) is 0.834. The Morgan fingerprint density at radius 2 is 1.92 bits per heavy atom. The number of carbonyl (C=O) groups excluding carboxylic acids is 1. The zero-order valence-corrected chi connectivity index (χ0v) is 16.2. The summed E-state index contributed by atoms with van der Waals surface area (Å²) in [6, 6.07) is 6.88. The van der Waals surface area contributed by atoms with E-state index in [1.807, 2.05) is 0 Å². The normalized spacial score (nSPS) is 12.0. The number of ether oxygens (including phenoxy) is 1. The molecule has 0 aliphatic rings. The molecule has 1 atom stereocenters. The summed E-state index contributed by atoms with van der Waals surface area (Å²) < 4.78 is 11.2. The summed E-state index contributed by atoms with van der Waals surface area (Å²) in [5.74, 6) is -0.346. The molecule has 1 unspecified atom stereocenters. The maximum absolute atomic E-state index is 12.2. The smallest absolute Gasteiger partial charge is 0.394 e. The number of amides is 1. The monoisotopic (exact) mass is 378 g/mol. The van der Waals surface area contributed by atoms with E-state index in [9.17, 15) is 4.79 Å². The standard InChI is InChI=1S/C20H27ClN2O3/c1-3-5-6-7-9-17(8-4-2)26-20-23-18(14-25-20)19(24)22-16-12-10-15(21)11-13-16/h10-14,17H,3-9H2,1-2H3,(H,22,24). The van der Waals surface area contributed by atoms with Crippen LogP contribution in [0.4, 0.5) is 5.69 Å². The molecule has 26 heavy (non-hydrogen) atoms. The van der Waals surface area contributed by atoms with Crippen LogP contribution in [-0.4, -0.2) is 17.0 Å². The SMILES string of the molecule is CCCCCCC(CCC)Oc1nc(C(=O)Nc2ccc(Cl)cc2)co1. The van der Waals surface area contributed by atoms with Crippen LogP contribution in [0.3, 0.4) is 0 Å². The third-order valence-electron chi connectivity index (χ3n) is 4.08. The number of unbranched alkanes of at least 4 members (excludes halogenated alkanes) is 3. The Kier molecular flexibility index (Phi) is 8.48. The van der Waals surface area contributed by atoms with E-state index < -0.39 is 0 Å². The van der Waals surface area contributed by atoms with Crippen molar-refractivity contribution >= 4 is 23.2 Å². The largest absolute Gasteiger partial charge is 0.447 e. The second-order valence-corrected chi connectivity index (χ2v) is 6.77. The molecule has 0 radical (unpaired) electrons. The van der Waals surface area contributed by atoms with Crippen LogP contribution in [-0.2, 0) is 0 Å². The summed E-state index contributed by atoms with van der Waals surface area (Å²) in [4.78, 5) is 16.4. The predicted octanol–water partition coefficient (Wildman–Crippen LogP) is 6.10. The van der Waals surface area contributed by atoms with Gasteiger partial charge in [0, 0.05) is 10.7 Å². The number of nitrogens with zero attached hydrogens (tertiary/aromatic N) is 1. The van der Waals surface area contributed by atoms with Crippen molar-refractivity contribution in [3.63, 3.8) is 0 Å². The maximum atomic E-state index is 12.2. The highest BCUT2D eigenvalue weighted by Crippen LogP contribution is 2.19. The van der Waals surface area contributed by atoms with E-state index in [0.717, 1.165) is 25.7 Å². The van der Waals surface area contributed by atoms with Gasteiger partial charge in [0.15, 0.2) is 5.69 Å². The number of oxazole rings is 1. The molecule has 1 N–H and O–H groups in total. The third kappa shape index (κ3) is 6.71. The molecule has 2 rings (SSSR count). The number of anilines is 1. The Labute approximate surface area is 160 Å². The van der Waals surface area contributed by atoms with Crippen molar-refractivity contribution in [1.29, 1.82) is 0 Å². The molecule has 0 bridgehead atoms. The van der Waals surface area contributed by atoms with Crippen molar-refractivity contribution in [3.8, 4) is 6.08 Å². The number of halogens is 1. The number of hydrogen-bond donors (Lipinski definition) is 1. The first-order valence-electron chi connectivity index (χ1n) is 9.31. The highest BCUT2D eigenvalue weighted by atomic mass is 35.5. The van der Waals surface area contributed by atoms with Gasteiger partial charge in [-0.2, -0.15) is 4.98 Å². The number of benzene rings is 1. The van der Waals surface area contributed by atoms with Crippen molar-refractivity contribution in [2.75, 3.05) is 5.32 Å². The topological polar surface area (TPSA) is 64.4 Å². The Bertz CT molecular complexity index is 670. The molecule has 0 fully saturated rings. The Hall–Kier alpha value is -2.01. The van der Waals surface area contributed by atoms with Crippen LogP contribution in [0.5, 0.6) is 6.08 Å². The average Bonchev–Trinajstić information content (AvgIpc) is 3.09. The second kappa shape index (κ2) is 10.9. The predicted molar refractivity (Wildman–Crippen MR) is 104 cm³/mol. The molecule has 2 aromatic rings. The van der Waals surface area contributed by atoms with Gasteiger partial charge in [0.25, 0.3) is 5.91 Å². The van der Waals surface area contributed by atoms with Gasteiger partial charge in [0.05, 0.1) is 0 Å². The molecule has 6 heteroatoms. The Morgan fingerprint density at radius 1 is 1.15 bits per heavy atom. The number of nitrogens with one attached hydrogen (secondary N) is 1. The molecule has 0 aliphatic carbocycles. The van der Waals surface area contributed by atoms with E-state index >= 15 is 0 Å². The lowest BCUT2D eigenvalue weighted by Crippen LogP contribution is -2.17. The van der Waals surface area contributed by atoms with Crippen LogP contribution in [0.2, 0.25) is 5.02 Å². The lowest BCUT2D eigenvalue weighted by atomic mass is 10.1. The van der Waals surface area contributed by atoms with Gasteiger partial charge < -0.3 is 14.5 Å². The van der Waals surface area contributed by atoms with E-state index in [-0.39, 0.29) is 23.8 Å². The summed E-state index contributed by atoms with van der Waals surface area (Å²) in [6.07, 6.45) is 9.29. The van der Waals surface area contributed by atoms with Crippen LogP contribution >= 0.6 is 11.6 Å². The molecule has 0 spiro atoms. The molecule has 0 saturated heterocycles. The van der Waals surface area contributed by atoms with E-state index in [4.69, 9.17) is 20.8 Å². The first-order chi connectivity index (χ1) is 12.6. The fourth-order valence-electron chi connectivity index (χ4n) is 2.67. The van der Waals surface area contributed by atoms with Crippen molar-refractivity contribution in [3.05, 3.63) is 41.2 Å². The lowest BCUT2D eigenvalue weighted by Gasteiger charge is -2.15. The molecule has 0 saturated carbocycles. The van der Waals surface area contributed by atoms with Gasteiger partial charge in [-0.25, -0.2) is 0 Å². The molecule has 142 valence electrons. The van der Waals surface area contributed by atoms with Gasteiger partial charge in [-0.05, 0) is 43.5 Å². The van der Waals surface area contributed by atoms with Crippen LogP contribution in [0, 0.1) is 0 Å². The fourth-order valence-corrected chi connectivity index (χ4v) is 2.80. The minimum absolute atomic E-state index is 0.0719. The van der Waals surface area contributed by atoms with E-state index in [1.165, 1.54) is 25.5 Å². The summed E-state index contributed by atoms with van der Waals surface area (Å²) >= 11 is 5.84. The zero-order chi connectivity index (χ0) is 18.8. The van der Waals surface area contributed by atoms with E-state index in [1.54, 1.807) is 24.3 Å². The Morgan fingerprint density at radius 3 is 2.62 bits per heavy atom. The minimum Gasteiger partial charge on any atom is -0.447 e. The van der Waals surface area contributed by atoms with E-state index in [0.29, 0.717) is 10.7 Å². The summed E-state index contributed by atoms with van der Waals surface area (Å²) in [7, 11) is 0. The number of hydrogen-bond acceptors (Lipinski definition) is 4. The quantitative estimate of drug-likeness (QED) is 0.480. The summed E-state index contributed by atoms with van der Waals surface area (Å²) in [5, 5.41) is 3.36. The molecular weight excluding hydrogens is 352 g/mol. The van der Waals surface area contributed by atoms with Gasteiger partial charge >= 0.3 is 6.08 Å². The van der Waals surface area contributed by atoms with Gasteiger partial charge in [-0.1, -0.05) is 51.1 Å². The van der Waals surface area contributed by atoms with Crippen molar-refractivity contribution in [1.82, 2.24) is 4.98 Å². The molecule has 0 aliphatic heterocycles. The van der Waals surface area contributed by atoms with Crippen molar-refractivity contribution in [2.24, 2.45) is 0 Å². The first-order valence-corrected chi connectivity index (χ1v) is 9.69. The number of aromatic nitrogens is 1. The number of carbonyl (C=O) groups is 1.